The van der Waals surface area contributed by atoms with Gasteiger partial charge in [0.1, 0.15) is 0 Å². The predicted octanol–water partition coefficient (Wildman–Crippen LogP) is 1.12. The maximum atomic E-state index is 11.0. The number of hydroxylamine groups is 1. The second-order valence-corrected chi connectivity index (χ2v) is 2.53. The van der Waals surface area contributed by atoms with Crippen LogP contribution in [0.3, 0.4) is 0 Å². The van der Waals surface area contributed by atoms with Gasteiger partial charge in [0.05, 0.1) is 0 Å². The topological polar surface area (TPSA) is 69.2 Å². The number of Topliss-reactive ketones (excluding diaryl/α,β-unsaturated/α-hetero) is 1. The first kappa shape index (κ1) is 9.41. The normalized spacial score (nSPS) is 9.38. The van der Waals surface area contributed by atoms with Crippen molar-refractivity contribution in [1.82, 2.24) is 5.48 Å². The van der Waals surface area contributed by atoms with E-state index >= 15 is 0 Å². The zero-order valence-electron chi connectivity index (χ0n) is 7.03. The van der Waals surface area contributed by atoms with E-state index in [1.54, 1.807) is 12.1 Å². The van der Waals surface area contributed by atoms with E-state index in [2.05, 4.69) is 0 Å². The Morgan fingerprint density at radius 3 is 2.23 bits per heavy atom. The standard InChI is InChI=1S/C9H8NO3/c1-6(11)7-4-2-3-5-8(7)9(12)10-13/h2-5H,1H3,(H-,10,11,12,13)/q-1. The quantitative estimate of drug-likeness (QED) is 0.544. The molecule has 0 saturated carbocycles. The number of benzene rings is 1. The molecule has 0 fully saturated rings. The number of carbonyl (C=O) groups is 2. The minimum atomic E-state index is -0.786. The largest absolute Gasteiger partial charge is 0.759 e. The second kappa shape index (κ2) is 3.82. The lowest BCUT2D eigenvalue weighted by Crippen LogP contribution is -2.18. The molecular weight excluding hydrogens is 170 g/mol. The van der Waals surface area contributed by atoms with Gasteiger partial charge in [-0.3, -0.25) is 9.59 Å². The Labute approximate surface area is 75.1 Å². The van der Waals surface area contributed by atoms with Gasteiger partial charge in [-0.1, -0.05) is 18.2 Å². The van der Waals surface area contributed by atoms with Gasteiger partial charge < -0.3 is 10.7 Å². The van der Waals surface area contributed by atoms with Crippen molar-refractivity contribution in [3.05, 3.63) is 40.6 Å². The molecule has 1 amide bonds. The predicted molar refractivity (Wildman–Crippen MR) is 47.3 cm³/mol. The van der Waals surface area contributed by atoms with Gasteiger partial charge in [-0.05, 0) is 13.0 Å². The summed E-state index contributed by atoms with van der Waals surface area (Å²) in [7, 11) is 0. The highest BCUT2D eigenvalue weighted by Gasteiger charge is 2.10. The van der Waals surface area contributed by atoms with Crippen LogP contribution in [0.5, 0.6) is 0 Å². The zero-order valence-corrected chi connectivity index (χ0v) is 7.03. The van der Waals surface area contributed by atoms with Crippen LogP contribution in [0.15, 0.2) is 24.3 Å². The summed E-state index contributed by atoms with van der Waals surface area (Å²) < 4.78 is 0. The Balaban J connectivity index is 3.19. The van der Waals surface area contributed by atoms with E-state index in [0.29, 0.717) is 0 Å². The number of nitrogens with one attached hydrogen (secondary N) is 1. The lowest BCUT2D eigenvalue weighted by atomic mass is 10.0. The number of hydrogen-bond donors (Lipinski definition) is 1. The number of rotatable bonds is 2. The molecule has 0 radical (unpaired) electrons. The number of hydrogen-bond acceptors (Lipinski definition) is 3. The molecule has 4 heteroatoms. The monoisotopic (exact) mass is 178 g/mol. The zero-order chi connectivity index (χ0) is 9.84. The van der Waals surface area contributed by atoms with Crippen molar-refractivity contribution >= 4 is 11.7 Å². The summed E-state index contributed by atoms with van der Waals surface area (Å²) in [6.45, 7) is 1.34. The van der Waals surface area contributed by atoms with E-state index in [0.717, 1.165) is 0 Å². The van der Waals surface area contributed by atoms with E-state index in [-0.39, 0.29) is 16.9 Å². The SMILES string of the molecule is CC(=O)c1ccccc1C(=O)N[O-]. The van der Waals surface area contributed by atoms with E-state index in [1.807, 2.05) is 0 Å². The summed E-state index contributed by atoms with van der Waals surface area (Å²) >= 11 is 0. The first-order valence-electron chi connectivity index (χ1n) is 3.69. The molecular formula is C9H8NO3-. The van der Waals surface area contributed by atoms with Gasteiger partial charge in [-0.25, -0.2) is 0 Å². The van der Waals surface area contributed by atoms with Gasteiger partial charge in [-0.15, -0.1) is 0 Å². The third-order valence-corrected chi connectivity index (χ3v) is 1.64. The van der Waals surface area contributed by atoms with Crippen LogP contribution >= 0.6 is 0 Å². The summed E-state index contributed by atoms with van der Waals surface area (Å²) in [6, 6.07) is 6.17. The van der Waals surface area contributed by atoms with E-state index < -0.39 is 5.91 Å². The van der Waals surface area contributed by atoms with Gasteiger partial charge >= 0.3 is 0 Å². The van der Waals surface area contributed by atoms with E-state index in [1.165, 1.54) is 24.5 Å². The molecule has 0 saturated heterocycles. The van der Waals surface area contributed by atoms with Crippen molar-refractivity contribution in [2.75, 3.05) is 0 Å². The molecule has 0 heterocycles. The van der Waals surface area contributed by atoms with Crippen molar-refractivity contribution in [3.63, 3.8) is 0 Å². The fraction of sp³-hybridized carbons (Fsp3) is 0.111. The summed E-state index contributed by atoms with van der Waals surface area (Å²) in [5, 5.41) is 10.1. The maximum Gasteiger partial charge on any atom is 0.241 e. The molecule has 0 bridgehead atoms. The van der Waals surface area contributed by atoms with Gasteiger partial charge in [0, 0.05) is 11.1 Å². The number of amides is 1. The molecule has 0 aliphatic rings. The van der Waals surface area contributed by atoms with Crippen LogP contribution in [0.25, 0.3) is 0 Å². The molecule has 0 unspecified atom stereocenters. The minimum Gasteiger partial charge on any atom is -0.759 e. The minimum absolute atomic E-state index is 0.116. The second-order valence-electron chi connectivity index (χ2n) is 2.53. The first-order valence-corrected chi connectivity index (χ1v) is 3.69. The summed E-state index contributed by atoms with van der Waals surface area (Å²) in [6.07, 6.45) is 0. The first-order chi connectivity index (χ1) is 6.16. The molecule has 0 aliphatic heterocycles. The highest BCUT2D eigenvalue weighted by Crippen LogP contribution is 2.08. The molecule has 0 spiro atoms. The fourth-order valence-electron chi connectivity index (χ4n) is 1.04. The summed E-state index contributed by atoms with van der Waals surface area (Å²) in [4.78, 5) is 22.0. The lowest BCUT2D eigenvalue weighted by molar-refractivity contribution is 0.0952. The molecule has 68 valence electrons. The molecule has 4 nitrogen and oxygen atoms in total. The van der Waals surface area contributed by atoms with Crippen LogP contribution in [0.2, 0.25) is 0 Å². The Morgan fingerprint density at radius 1 is 1.23 bits per heavy atom. The highest BCUT2D eigenvalue weighted by atomic mass is 16.5. The van der Waals surface area contributed by atoms with Crippen LogP contribution in [0, 0.1) is 5.21 Å². The van der Waals surface area contributed by atoms with Crippen LogP contribution in [-0.4, -0.2) is 11.7 Å². The average Bonchev–Trinajstić information content (AvgIpc) is 2.16. The van der Waals surface area contributed by atoms with Gasteiger partial charge in [0.25, 0.3) is 0 Å². The Hall–Kier alpha value is -1.68. The number of ketones is 1. The van der Waals surface area contributed by atoms with Crippen molar-refractivity contribution in [2.24, 2.45) is 0 Å². The molecule has 0 atom stereocenters. The van der Waals surface area contributed by atoms with Gasteiger partial charge in [0.2, 0.25) is 5.91 Å². The van der Waals surface area contributed by atoms with Gasteiger partial charge in [0.15, 0.2) is 5.78 Å². The Morgan fingerprint density at radius 2 is 1.77 bits per heavy atom. The van der Waals surface area contributed by atoms with E-state index in [4.69, 9.17) is 0 Å². The van der Waals surface area contributed by atoms with Crippen molar-refractivity contribution < 1.29 is 9.59 Å². The van der Waals surface area contributed by atoms with Crippen LogP contribution < -0.4 is 5.48 Å². The molecule has 0 aromatic heterocycles. The molecule has 1 aromatic rings. The highest BCUT2D eigenvalue weighted by molar-refractivity contribution is 6.07. The molecule has 1 aromatic carbocycles. The molecule has 13 heavy (non-hydrogen) atoms. The van der Waals surface area contributed by atoms with Crippen molar-refractivity contribution in [1.29, 1.82) is 0 Å². The molecule has 0 aliphatic carbocycles. The van der Waals surface area contributed by atoms with Crippen LogP contribution in [0.4, 0.5) is 0 Å². The van der Waals surface area contributed by atoms with Gasteiger partial charge in [-0.2, -0.15) is 0 Å². The van der Waals surface area contributed by atoms with Crippen molar-refractivity contribution in [3.8, 4) is 0 Å². The Bertz CT molecular complexity index is 346. The van der Waals surface area contributed by atoms with Crippen LogP contribution in [-0.2, 0) is 0 Å². The number of carbonyl (C=O) groups excluding carboxylic acids is 2. The lowest BCUT2D eigenvalue weighted by Gasteiger charge is -2.09. The fourth-order valence-corrected chi connectivity index (χ4v) is 1.04. The van der Waals surface area contributed by atoms with Crippen LogP contribution in [0.1, 0.15) is 27.6 Å². The third-order valence-electron chi connectivity index (χ3n) is 1.64. The average molecular weight is 178 g/mol. The summed E-state index contributed by atoms with van der Waals surface area (Å²) in [5.74, 6) is -1.02. The third kappa shape index (κ3) is 1.91. The molecule has 1 N–H and O–H groups in total. The Kier molecular flexibility index (Phi) is 2.76. The molecule has 1 rings (SSSR count). The van der Waals surface area contributed by atoms with E-state index in [9.17, 15) is 14.8 Å². The summed E-state index contributed by atoms with van der Waals surface area (Å²) in [5.41, 5.74) is 1.61. The smallest absolute Gasteiger partial charge is 0.241 e. The maximum absolute atomic E-state index is 11.0. The van der Waals surface area contributed by atoms with Crippen molar-refractivity contribution in [2.45, 2.75) is 6.92 Å².